The molecule has 0 amide bonds. The van der Waals surface area contributed by atoms with Crippen LogP contribution in [0, 0.1) is 0 Å². The van der Waals surface area contributed by atoms with Gasteiger partial charge in [-0.05, 0) is 61.9 Å². The van der Waals surface area contributed by atoms with Gasteiger partial charge in [0.1, 0.15) is 5.75 Å². The van der Waals surface area contributed by atoms with Crippen molar-refractivity contribution >= 4 is 17.8 Å². The first-order chi connectivity index (χ1) is 14.3. The topological polar surface area (TPSA) is 71.1 Å². The van der Waals surface area contributed by atoms with Crippen molar-refractivity contribution in [3.05, 3.63) is 59.7 Å². The molecule has 0 saturated heterocycles. The molecule has 2 rings (SSSR count). The lowest BCUT2D eigenvalue weighted by atomic mass is 10.1. The number of esters is 1. The number of rotatable bonds is 10. The van der Waals surface area contributed by atoms with Crippen LogP contribution in [0.15, 0.2) is 48.5 Å². The molecule has 0 aromatic heterocycles. The van der Waals surface area contributed by atoms with E-state index < -0.39 is 18.7 Å². The summed E-state index contributed by atoms with van der Waals surface area (Å²) in [5.41, 5.74) is 0.887. The first kappa shape index (κ1) is 22.9. The van der Waals surface area contributed by atoms with Crippen LogP contribution in [-0.4, -0.2) is 38.2 Å². The van der Waals surface area contributed by atoms with E-state index >= 15 is 0 Å². The van der Waals surface area contributed by atoms with Crippen molar-refractivity contribution in [3.63, 3.8) is 0 Å². The van der Waals surface area contributed by atoms with E-state index in [4.69, 9.17) is 14.2 Å². The van der Waals surface area contributed by atoms with Gasteiger partial charge in [0.05, 0.1) is 13.7 Å². The van der Waals surface area contributed by atoms with Crippen LogP contribution in [-0.2, 0) is 9.53 Å². The van der Waals surface area contributed by atoms with Crippen LogP contribution >= 0.6 is 0 Å². The normalized spacial score (nSPS) is 11.9. The SMILES string of the molecule is CCOc1ccc(C(=O)[C@H](C)OC(=O)/C=C/c2ccc(OC(F)F)c(OC)c2)cc1. The van der Waals surface area contributed by atoms with Crippen molar-refractivity contribution in [2.24, 2.45) is 0 Å². The van der Waals surface area contributed by atoms with Crippen LogP contribution in [0.4, 0.5) is 8.78 Å². The highest BCUT2D eigenvalue weighted by molar-refractivity contribution is 6.01. The Morgan fingerprint density at radius 1 is 1.07 bits per heavy atom. The molecule has 0 heterocycles. The minimum atomic E-state index is -2.98. The summed E-state index contributed by atoms with van der Waals surface area (Å²) in [4.78, 5) is 24.4. The Bertz CT molecular complexity index is 893. The number of halogens is 2. The van der Waals surface area contributed by atoms with Crippen LogP contribution in [0.3, 0.4) is 0 Å². The quantitative estimate of drug-likeness (QED) is 0.320. The number of Topliss-reactive ketones (excluding diaryl/α,β-unsaturated/α-hetero) is 1. The fraction of sp³-hybridized carbons (Fsp3) is 0.273. The first-order valence-corrected chi connectivity index (χ1v) is 9.12. The van der Waals surface area contributed by atoms with E-state index in [-0.39, 0.29) is 17.3 Å². The van der Waals surface area contributed by atoms with Crippen molar-refractivity contribution in [1.82, 2.24) is 0 Å². The fourth-order valence-corrected chi connectivity index (χ4v) is 2.53. The monoisotopic (exact) mass is 420 g/mol. The maximum absolute atomic E-state index is 12.4. The number of carbonyl (C=O) groups excluding carboxylic acids is 2. The Balaban J connectivity index is 1.98. The summed E-state index contributed by atoms with van der Waals surface area (Å²) in [6, 6.07) is 10.7. The van der Waals surface area contributed by atoms with Gasteiger partial charge in [0.25, 0.3) is 0 Å². The van der Waals surface area contributed by atoms with Crippen LogP contribution in [0.2, 0.25) is 0 Å². The van der Waals surface area contributed by atoms with Crippen molar-refractivity contribution < 1.29 is 37.3 Å². The van der Waals surface area contributed by atoms with Gasteiger partial charge >= 0.3 is 12.6 Å². The Labute approximate surface area is 173 Å². The van der Waals surface area contributed by atoms with E-state index in [9.17, 15) is 18.4 Å². The minimum absolute atomic E-state index is 0.0878. The Morgan fingerprint density at radius 3 is 2.37 bits per heavy atom. The highest BCUT2D eigenvalue weighted by Crippen LogP contribution is 2.29. The average Bonchev–Trinajstić information content (AvgIpc) is 2.72. The molecule has 0 radical (unpaired) electrons. The van der Waals surface area contributed by atoms with Crippen molar-refractivity contribution in [2.75, 3.05) is 13.7 Å². The number of alkyl halides is 2. The molecule has 0 aliphatic heterocycles. The maximum atomic E-state index is 12.4. The molecular formula is C22H22F2O6. The molecule has 0 aliphatic carbocycles. The molecule has 0 unspecified atom stereocenters. The highest BCUT2D eigenvalue weighted by Gasteiger charge is 2.18. The second-order valence-electron chi connectivity index (χ2n) is 6.02. The number of hydrogen-bond donors (Lipinski definition) is 0. The van der Waals surface area contributed by atoms with Gasteiger partial charge in [-0.3, -0.25) is 4.79 Å². The van der Waals surface area contributed by atoms with Crippen LogP contribution in [0.5, 0.6) is 17.2 Å². The van der Waals surface area contributed by atoms with E-state index in [0.717, 1.165) is 6.08 Å². The third kappa shape index (κ3) is 6.58. The van der Waals surface area contributed by atoms with E-state index in [1.165, 1.54) is 38.3 Å². The molecular weight excluding hydrogens is 398 g/mol. The second-order valence-corrected chi connectivity index (χ2v) is 6.02. The zero-order chi connectivity index (χ0) is 22.1. The molecule has 0 aliphatic rings. The average molecular weight is 420 g/mol. The molecule has 6 nitrogen and oxygen atoms in total. The van der Waals surface area contributed by atoms with Crippen molar-refractivity contribution in [1.29, 1.82) is 0 Å². The first-order valence-electron chi connectivity index (χ1n) is 9.12. The predicted octanol–water partition coefficient (Wildman–Crippen LogP) is 4.52. The van der Waals surface area contributed by atoms with Gasteiger partial charge in [0.2, 0.25) is 5.78 Å². The third-order valence-corrected chi connectivity index (χ3v) is 3.93. The van der Waals surface area contributed by atoms with Gasteiger partial charge in [-0.25, -0.2) is 4.79 Å². The number of ketones is 1. The number of carbonyl (C=O) groups is 2. The predicted molar refractivity (Wildman–Crippen MR) is 106 cm³/mol. The van der Waals surface area contributed by atoms with Crippen molar-refractivity contribution in [3.8, 4) is 17.2 Å². The molecule has 30 heavy (non-hydrogen) atoms. The smallest absolute Gasteiger partial charge is 0.387 e. The summed E-state index contributed by atoms with van der Waals surface area (Å²) in [6.45, 7) is 0.867. The highest BCUT2D eigenvalue weighted by atomic mass is 19.3. The van der Waals surface area contributed by atoms with Crippen LogP contribution < -0.4 is 14.2 Å². The lowest BCUT2D eigenvalue weighted by molar-refractivity contribution is -0.140. The minimum Gasteiger partial charge on any atom is -0.494 e. The molecule has 0 fully saturated rings. The van der Waals surface area contributed by atoms with Gasteiger partial charge in [0.15, 0.2) is 17.6 Å². The van der Waals surface area contributed by atoms with Crippen LogP contribution in [0.25, 0.3) is 6.08 Å². The Kier molecular flexibility index (Phi) is 8.34. The Morgan fingerprint density at radius 2 is 1.77 bits per heavy atom. The van der Waals surface area contributed by atoms with E-state index in [1.54, 1.807) is 24.3 Å². The summed E-state index contributed by atoms with van der Waals surface area (Å²) >= 11 is 0. The maximum Gasteiger partial charge on any atom is 0.387 e. The number of ether oxygens (including phenoxy) is 4. The third-order valence-electron chi connectivity index (χ3n) is 3.93. The summed E-state index contributed by atoms with van der Waals surface area (Å²) in [5, 5.41) is 0. The van der Waals surface area contributed by atoms with Gasteiger partial charge in [-0.1, -0.05) is 6.07 Å². The van der Waals surface area contributed by atoms with E-state index in [0.29, 0.717) is 23.5 Å². The zero-order valence-corrected chi connectivity index (χ0v) is 16.8. The van der Waals surface area contributed by atoms with Gasteiger partial charge in [-0.2, -0.15) is 8.78 Å². The number of methoxy groups -OCH3 is 1. The molecule has 1 atom stereocenters. The second kappa shape index (κ2) is 10.9. The molecule has 160 valence electrons. The molecule has 2 aromatic rings. The molecule has 0 bridgehead atoms. The molecule has 0 spiro atoms. The fourth-order valence-electron chi connectivity index (χ4n) is 2.53. The summed E-state index contributed by atoms with van der Waals surface area (Å²) < 4.78 is 44.5. The standard InChI is InChI=1S/C22H22F2O6/c1-4-28-17-9-7-16(8-10-17)21(26)14(2)29-20(25)12-6-15-5-11-18(30-22(23)24)19(13-15)27-3/h5-14,22H,4H2,1-3H3/b12-6+/t14-/m0/s1. The van der Waals surface area contributed by atoms with E-state index in [2.05, 4.69) is 4.74 Å². The van der Waals surface area contributed by atoms with Gasteiger partial charge < -0.3 is 18.9 Å². The largest absolute Gasteiger partial charge is 0.494 e. The van der Waals surface area contributed by atoms with Crippen molar-refractivity contribution in [2.45, 2.75) is 26.6 Å². The molecule has 2 aromatic carbocycles. The summed E-state index contributed by atoms with van der Waals surface area (Å²) in [7, 11) is 1.31. The molecule has 8 heteroatoms. The summed E-state index contributed by atoms with van der Waals surface area (Å²) in [6.07, 6.45) is 1.55. The number of hydrogen-bond acceptors (Lipinski definition) is 6. The lowest BCUT2D eigenvalue weighted by Crippen LogP contribution is -2.23. The van der Waals surface area contributed by atoms with Gasteiger partial charge in [0, 0.05) is 11.6 Å². The van der Waals surface area contributed by atoms with E-state index in [1.807, 2.05) is 6.92 Å². The lowest BCUT2D eigenvalue weighted by Gasteiger charge is -2.12. The molecule has 0 N–H and O–H groups in total. The molecule has 0 saturated carbocycles. The van der Waals surface area contributed by atoms with Gasteiger partial charge in [-0.15, -0.1) is 0 Å². The Hall–Kier alpha value is -3.42. The van der Waals surface area contributed by atoms with Crippen LogP contribution in [0.1, 0.15) is 29.8 Å². The zero-order valence-electron chi connectivity index (χ0n) is 16.8. The summed E-state index contributed by atoms with van der Waals surface area (Å²) in [5.74, 6) is -0.475. The number of benzene rings is 2.